The van der Waals surface area contributed by atoms with Gasteiger partial charge in [-0.3, -0.25) is 4.79 Å². The van der Waals surface area contributed by atoms with Gasteiger partial charge in [-0.05, 0) is 37.1 Å². The third-order valence-electron chi connectivity index (χ3n) is 4.48. The highest BCUT2D eigenvalue weighted by atomic mass is 35.5. The molecule has 1 aromatic carbocycles. The molecule has 2 heterocycles. The van der Waals surface area contributed by atoms with Gasteiger partial charge in [0.1, 0.15) is 0 Å². The van der Waals surface area contributed by atoms with Gasteiger partial charge in [-0.15, -0.1) is 0 Å². The van der Waals surface area contributed by atoms with Gasteiger partial charge in [-0.25, -0.2) is 9.97 Å². The number of likely N-dealkylation sites (tertiary alicyclic amines) is 1. The quantitative estimate of drug-likeness (QED) is 0.846. The lowest BCUT2D eigenvalue weighted by atomic mass is 10.0. The highest BCUT2D eigenvalue weighted by Gasteiger charge is 2.26. The van der Waals surface area contributed by atoms with Crippen molar-refractivity contribution in [2.45, 2.75) is 18.9 Å². The number of nitrogens with zero attached hydrogens (tertiary/aromatic N) is 5. The van der Waals surface area contributed by atoms with Crippen molar-refractivity contribution < 1.29 is 4.79 Å². The summed E-state index contributed by atoms with van der Waals surface area (Å²) in [5.74, 6) is 0.648. The monoisotopic (exact) mass is 355 g/mol. The van der Waals surface area contributed by atoms with Crippen molar-refractivity contribution >= 4 is 23.5 Å². The smallest absolute Gasteiger partial charge is 0.253 e. The highest BCUT2D eigenvalue weighted by Crippen LogP contribution is 2.21. The summed E-state index contributed by atoms with van der Waals surface area (Å²) < 4.78 is 0. The summed E-state index contributed by atoms with van der Waals surface area (Å²) >= 11 is 5.83. The molecule has 7 heteroatoms. The number of benzene rings is 1. The maximum atomic E-state index is 12.6. The fourth-order valence-electron chi connectivity index (χ4n) is 2.98. The van der Waals surface area contributed by atoms with Gasteiger partial charge >= 0.3 is 0 Å². The average molecular weight is 356 g/mol. The van der Waals surface area contributed by atoms with Gasteiger partial charge in [0.25, 0.3) is 5.91 Å². The van der Waals surface area contributed by atoms with Gasteiger partial charge in [0.15, 0.2) is 0 Å². The molecule has 0 atom stereocenters. The van der Waals surface area contributed by atoms with Crippen LogP contribution >= 0.6 is 11.6 Å². The van der Waals surface area contributed by atoms with Gasteiger partial charge in [0, 0.05) is 31.7 Å². The molecule has 1 aliphatic heterocycles. The molecule has 3 rings (SSSR count). The summed E-state index contributed by atoms with van der Waals surface area (Å²) in [6.45, 7) is 1.36. The predicted octanol–water partition coefficient (Wildman–Crippen LogP) is 2.74. The summed E-state index contributed by atoms with van der Waals surface area (Å²) in [5, 5.41) is 9.35. The Morgan fingerprint density at radius 1 is 1.24 bits per heavy atom. The van der Waals surface area contributed by atoms with Crippen molar-refractivity contribution in [1.82, 2.24) is 14.9 Å². The molecule has 2 aromatic rings. The average Bonchev–Trinajstić information content (AvgIpc) is 2.67. The topological polar surface area (TPSA) is 73.1 Å². The zero-order valence-corrected chi connectivity index (χ0v) is 14.6. The third kappa shape index (κ3) is 3.89. The number of amides is 1. The van der Waals surface area contributed by atoms with Crippen LogP contribution in [0.15, 0.2) is 36.7 Å². The second-order valence-electron chi connectivity index (χ2n) is 6.02. The van der Waals surface area contributed by atoms with Crippen molar-refractivity contribution in [1.29, 1.82) is 5.26 Å². The molecule has 6 nitrogen and oxygen atoms in total. The van der Waals surface area contributed by atoms with E-state index in [1.165, 1.54) is 0 Å². The molecule has 0 saturated carbocycles. The van der Waals surface area contributed by atoms with Crippen LogP contribution in [0.5, 0.6) is 0 Å². The zero-order valence-electron chi connectivity index (χ0n) is 13.9. The first kappa shape index (κ1) is 17.2. The predicted molar refractivity (Wildman–Crippen MR) is 95.5 cm³/mol. The summed E-state index contributed by atoms with van der Waals surface area (Å²) in [7, 11) is 1.96. The normalized spacial score (nSPS) is 14.8. The summed E-state index contributed by atoms with van der Waals surface area (Å²) in [6.07, 6.45) is 4.88. The fraction of sp³-hybridized carbons (Fsp3) is 0.333. The molecular weight excluding hydrogens is 338 g/mol. The van der Waals surface area contributed by atoms with E-state index >= 15 is 0 Å². The Bertz CT molecular complexity index is 777. The Hall–Kier alpha value is -2.65. The summed E-state index contributed by atoms with van der Waals surface area (Å²) in [5.41, 5.74) is 1.17. The molecule has 0 radical (unpaired) electrons. The standard InChI is InChI=1S/C18H18ClN5O/c1-23(18-21-11-15(19)12-22-18)16-6-8-24(9-7-16)17(25)14-4-2-13(10-20)3-5-14/h2-5,11-12,16H,6-9H2,1H3. The van der Waals surface area contributed by atoms with Gasteiger partial charge in [0.05, 0.1) is 29.0 Å². The van der Waals surface area contributed by atoms with E-state index in [1.807, 2.05) is 16.8 Å². The number of aromatic nitrogens is 2. The second kappa shape index (κ2) is 7.49. The fourth-order valence-corrected chi connectivity index (χ4v) is 3.07. The molecule has 1 fully saturated rings. The van der Waals surface area contributed by atoms with Crippen molar-refractivity contribution in [3.63, 3.8) is 0 Å². The van der Waals surface area contributed by atoms with Crippen LogP contribution in [0, 0.1) is 11.3 Å². The van der Waals surface area contributed by atoms with Gasteiger partial charge in [-0.2, -0.15) is 5.26 Å². The Morgan fingerprint density at radius 3 is 2.40 bits per heavy atom. The van der Waals surface area contributed by atoms with Crippen molar-refractivity contribution in [3.8, 4) is 6.07 Å². The molecule has 0 N–H and O–H groups in total. The lowest BCUT2D eigenvalue weighted by molar-refractivity contribution is 0.0713. The van der Waals surface area contributed by atoms with E-state index in [4.69, 9.17) is 16.9 Å². The minimum absolute atomic E-state index is 0.00772. The molecule has 1 aliphatic rings. The van der Waals surface area contributed by atoms with Crippen LogP contribution in [0.25, 0.3) is 0 Å². The Balaban J connectivity index is 1.60. The van der Waals surface area contributed by atoms with Crippen molar-refractivity contribution in [2.24, 2.45) is 0 Å². The number of nitriles is 1. The van der Waals surface area contributed by atoms with Crippen molar-refractivity contribution in [2.75, 3.05) is 25.0 Å². The number of carbonyl (C=O) groups excluding carboxylic acids is 1. The number of halogens is 1. The zero-order chi connectivity index (χ0) is 17.8. The molecule has 1 amide bonds. The van der Waals surface area contributed by atoms with Gasteiger partial charge in [-0.1, -0.05) is 11.6 Å². The molecule has 128 valence electrons. The molecule has 1 aromatic heterocycles. The first-order chi connectivity index (χ1) is 12.1. The lowest BCUT2D eigenvalue weighted by Crippen LogP contribution is -2.46. The third-order valence-corrected chi connectivity index (χ3v) is 4.68. The molecule has 1 saturated heterocycles. The Kier molecular flexibility index (Phi) is 5.15. The Morgan fingerprint density at radius 2 is 1.84 bits per heavy atom. The summed E-state index contributed by atoms with van der Waals surface area (Å²) in [4.78, 5) is 25.0. The number of hydrogen-bond donors (Lipinski definition) is 0. The largest absolute Gasteiger partial charge is 0.341 e. The maximum Gasteiger partial charge on any atom is 0.253 e. The van der Waals surface area contributed by atoms with Crippen LogP contribution in [-0.4, -0.2) is 47.0 Å². The van der Waals surface area contributed by atoms with E-state index in [9.17, 15) is 4.79 Å². The molecule has 0 unspecified atom stereocenters. The van der Waals surface area contributed by atoms with Crippen LogP contribution < -0.4 is 4.90 Å². The Labute approximate surface area is 151 Å². The number of rotatable bonds is 3. The SMILES string of the molecule is CN(c1ncc(Cl)cn1)C1CCN(C(=O)c2ccc(C#N)cc2)CC1. The van der Waals surface area contributed by atoms with E-state index in [2.05, 4.69) is 16.0 Å². The van der Waals surface area contributed by atoms with E-state index in [1.54, 1.807) is 36.7 Å². The highest BCUT2D eigenvalue weighted by molar-refractivity contribution is 6.30. The van der Waals surface area contributed by atoms with Crippen LogP contribution in [0.2, 0.25) is 5.02 Å². The van der Waals surface area contributed by atoms with Crippen LogP contribution in [0.1, 0.15) is 28.8 Å². The number of carbonyl (C=O) groups is 1. The van der Waals surface area contributed by atoms with Gasteiger partial charge in [0.2, 0.25) is 5.95 Å². The molecule has 0 bridgehead atoms. The molecule has 25 heavy (non-hydrogen) atoms. The second-order valence-corrected chi connectivity index (χ2v) is 6.46. The number of anilines is 1. The van der Waals surface area contributed by atoms with Crippen LogP contribution in [0.4, 0.5) is 5.95 Å². The van der Waals surface area contributed by atoms with E-state index in [0.717, 1.165) is 12.8 Å². The van der Waals surface area contributed by atoms with Crippen LogP contribution in [0.3, 0.4) is 0 Å². The number of piperidine rings is 1. The van der Waals surface area contributed by atoms with Crippen molar-refractivity contribution in [3.05, 3.63) is 52.8 Å². The van der Waals surface area contributed by atoms with Crippen LogP contribution in [-0.2, 0) is 0 Å². The van der Waals surface area contributed by atoms with E-state index < -0.39 is 0 Å². The minimum atomic E-state index is 0.00772. The first-order valence-electron chi connectivity index (χ1n) is 8.08. The molecule has 0 aliphatic carbocycles. The number of hydrogen-bond acceptors (Lipinski definition) is 5. The van der Waals surface area contributed by atoms with E-state index in [0.29, 0.717) is 35.2 Å². The van der Waals surface area contributed by atoms with Gasteiger partial charge < -0.3 is 9.80 Å². The summed E-state index contributed by atoms with van der Waals surface area (Å²) in [6, 6.07) is 9.11. The minimum Gasteiger partial charge on any atom is -0.341 e. The molecule has 0 spiro atoms. The van der Waals surface area contributed by atoms with E-state index in [-0.39, 0.29) is 11.9 Å². The maximum absolute atomic E-state index is 12.6. The first-order valence-corrected chi connectivity index (χ1v) is 8.46. The molecular formula is C18H18ClN5O. The lowest BCUT2D eigenvalue weighted by Gasteiger charge is -2.36.